The molecule has 2 aromatic carbocycles. The minimum absolute atomic E-state index is 0.210. The Balaban J connectivity index is 0.000000442. The summed E-state index contributed by atoms with van der Waals surface area (Å²) in [7, 11) is 2.52. The zero-order chi connectivity index (χ0) is 17.5. The molecule has 0 radical (unpaired) electrons. The number of rotatable bonds is 2. The molecule has 0 aliphatic rings. The minimum atomic E-state index is -0.550. The minimum Gasteiger partial charge on any atom is -0.483 e. The number of esters is 2. The van der Waals surface area contributed by atoms with Gasteiger partial charge in [0.05, 0.1) is 25.3 Å². The van der Waals surface area contributed by atoms with Crippen LogP contribution < -0.4 is 0 Å². The highest BCUT2D eigenvalue weighted by atomic mass is 16.5. The van der Waals surface area contributed by atoms with Crippen molar-refractivity contribution in [2.75, 3.05) is 14.2 Å². The predicted molar refractivity (Wildman–Crippen MR) is 84.3 cm³/mol. The zero-order valence-electron chi connectivity index (χ0n) is 12.8. The van der Waals surface area contributed by atoms with Crippen LogP contribution in [0, 0.1) is 0 Å². The van der Waals surface area contributed by atoms with Crippen LogP contribution in [0.5, 0.6) is 0 Å². The lowest BCUT2D eigenvalue weighted by Crippen LogP contribution is -2.11. The van der Waals surface area contributed by atoms with Crippen LogP contribution in [0.3, 0.4) is 0 Å². The summed E-state index contributed by atoms with van der Waals surface area (Å²) in [4.78, 5) is 30.8. The summed E-state index contributed by atoms with van der Waals surface area (Å²) in [6, 6.07) is 18.3. The molecular formula is C17H18O6. The average Bonchev–Trinajstić information content (AvgIpc) is 2.63. The maximum Gasteiger partial charge on any atom is 0.338 e. The molecule has 2 aromatic rings. The van der Waals surface area contributed by atoms with Gasteiger partial charge in [-0.1, -0.05) is 48.5 Å². The van der Waals surface area contributed by atoms with Crippen LogP contribution in [0.1, 0.15) is 20.7 Å². The van der Waals surface area contributed by atoms with Crippen LogP contribution >= 0.6 is 0 Å². The summed E-state index contributed by atoms with van der Waals surface area (Å²) in [6.45, 7) is -0.250. The molecule has 0 bridgehead atoms. The van der Waals surface area contributed by atoms with Gasteiger partial charge in [0.2, 0.25) is 0 Å². The first-order valence-corrected chi connectivity index (χ1v) is 6.45. The summed E-state index contributed by atoms with van der Waals surface area (Å²) >= 11 is 0. The fourth-order valence-corrected chi connectivity index (χ4v) is 1.44. The largest absolute Gasteiger partial charge is 0.483 e. The normalized spacial score (nSPS) is 8.26. The Hall–Kier alpha value is -3.15. The lowest BCUT2D eigenvalue weighted by Gasteiger charge is -2.04. The standard InChI is InChI=1S/C10H10O4.C6H6.CH2O2/c1-13-9(11)7-5-3-4-6-8(7)10(12)14-2;1-2-4-6-5-3-1;2-1-3/h3-6H,1-2H3;1-6H;1H,(H,2,3). The topological polar surface area (TPSA) is 89.9 Å². The maximum atomic E-state index is 11.2. The van der Waals surface area contributed by atoms with Crippen LogP contribution in [0.15, 0.2) is 60.7 Å². The molecule has 0 aliphatic heterocycles. The molecule has 6 heteroatoms. The number of carboxylic acid groups (broad SMARTS) is 1. The molecule has 23 heavy (non-hydrogen) atoms. The fraction of sp³-hybridized carbons (Fsp3) is 0.118. The van der Waals surface area contributed by atoms with Gasteiger partial charge in [-0.2, -0.15) is 0 Å². The third-order valence-electron chi connectivity index (χ3n) is 2.40. The van der Waals surface area contributed by atoms with E-state index in [2.05, 4.69) is 9.47 Å². The van der Waals surface area contributed by atoms with Gasteiger partial charge in [-0.05, 0) is 12.1 Å². The van der Waals surface area contributed by atoms with Crippen LogP contribution in [0.2, 0.25) is 0 Å². The zero-order valence-corrected chi connectivity index (χ0v) is 12.8. The first-order valence-electron chi connectivity index (χ1n) is 6.45. The van der Waals surface area contributed by atoms with E-state index in [1.807, 2.05) is 36.4 Å². The average molecular weight is 318 g/mol. The number of hydrogen-bond acceptors (Lipinski definition) is 5. The summed E-state index contributed by atoms with van der Waals surface area (Å²) in [6.07, 6.45) is 0. The molecular weight excluding hydrogens is 300 g/mol. The van der Waals surface area contributed by atoms with E-state index in [-0.39, 0.29) is 17.6 Å². The predicted octanol–water partition coefficient (Wildman–Crippen LogP) is 2.65. The van der Waals surface area contributed by atoms with E-state index in [0.717, 1.165) is 0 Å². The first-order chi connectivity index (χ1) is 11.1. The number of benzene rings is 2. The molecule has 0 heterocycles. The van der Waals surface area contributed by atoms with Gasteiger partial charge < -0.3 is 14.6 Å². The molecule has 0 spiro atoms. The van der Waals surface area contributed by atoms with E-state index in [1.165, 1.54) is 26.4 Å². The maximum absolute atomic E-state index is 11.2. The van der Waals surface area contributed by atoms with Crippen molar-refractivity contribution in [3.05, 3.63) is 71.8 Å². The number of ether oxygens (including phenoxy) is 2. The van der Waals surface area contributed by atoms with E-state index < -0.39 is 11.9 Å². The molecule has 0 atom stereocenters. The third kappa shape index (κ3) is 8.01. The quantitative estimate of drug-likeness (QED) is 0.676. The Labute approximate surface area is 134 Å². The number of methoxy groups -OCH3 is 2. The fourth-order valence-electron chi connectivity index (χ4n) is 1.44. The highest BCUT2D eigenvalue weighted by Gasteiger charge is 2.16. The van der Waals surface area contributed by atoms with Crippen LogP contribution in [0.25, 0.3) is 0 Å². The first kappa shape index (κ1) is 19.9. The van der Waals surface area contributed by atoms with Crippen LogP contribution in [-0.2, 0) is 14.3 Å². The molecule has 0 saturated carbocycles. The lowest BCUT2D eigenvalue weighted by molar-refractivity contribution is -0.122. The van der Waals surface area contributed by atoms with Crippen molar-refractivity contribution in [3.8, 4) is 0 Å². The van der Waals surface area contributed by atoms with Gasteiger partial charge in [0.1, 0.15) is 0 Å². The van der Waals surface area contributed by atoms with Crippen molar-refractivity contribution in [2.24, 2.45) is 0 Å². The highest BCUT2D eigenvalue weighted by Crippen LogP contribution is 2.10. The summed E-state index contributed by atoms with van der Waals surface area (Å²) < 4.78 is 9.05. The van der Waals surface area contributed by atoms with Crippen LogP contribution in [-0.4, -0.2) is 37.7 Å². The molecule has 0 saturated heterocycles. The molecule has 2 rings (SSSR count). The highest BCUT2D eigenvalue weighted by molar-refractivity contribution is 6.02. The SMILES string of the molecule is COC(=O)c1ccccc1C(=O)OC.O=CO.c1ccccc1. The monoisotopic (exact) mass is 318 g/mol. The van der Waals surface area contributed by atoms with Crippen molar-refractivity contribution in [1.82, 2.24) is 0 Å². The van der Waals surface area contributed by atoms with Gasteiger partial charge in [0, 0.05) is 0 Å². The molecule has 0 fully saturated rings. The van der Waals surface area contributed by atoms with Gasteiger partial charge in [0.15, 0.2) is 0 Å². The number of carbonyl (C=O) groups excluding carboxylic acids is 2. The molecule has 0 aromatic heterocycles. The summed E-state index contributed by atoms with van der Waals surface area (Å²) in [5, 5.41) is 6.89. The van der Waals surface area contributed by atoms with Crippen molar-refractivity contribution in [3.63, 3.8) is 0 Å². The van der Waals surface area contributed by atoms with Gasteiger partial charge in [0.25, 0.3) is 6.47 Å². The Bertz CT molecular complexity index is 533. The second-order valence-corrected chi connectivity index (χ2v) is 3.79. The second kappa shape index (κ2) is 12.6. The Morgan fingerprint density at radius 2 is 1.04 bits per heavy atom. The summed E-state index contributed by atoms with van der Waals surface area (Å²) in [5.74, 6) is -1.10. The van der Waals surface area contributed by atoms with Crippen molar-refractivity contribution >= 4 is 18.4 Å². The van der Waals surface area contributed by atoms with E-state index in [9.17, 15) is 9.59 Å². The summed E-state index contributed by atoms with van der Waals surface area (Å²) in [5.41, 5.74) is 0.420. The van der Waals surface area contributed by atoms with Crippen molar-refractivity contribution in [2.45, 2.75) is 0 Å². The van der Waals surface area contributed by atoms with Crippen molar-refractivity contribution in [1.29, 1.82) is 0 Å². The molecule has 0 unspecified atom stereocenters. The smallest absolute Gasteiger partial charge is 0.338 e. The van der Waals surface area contributed by atoms with E-state index in [4.69, 9.17) is 9.90 Å². The van der Waals surface area contributed by atoms with E-state index in [0.29, 0.717) is 0 Å². The van der Waals surface area contributed by atoms with E-state index >= 15 is 0 Å². The number of carbonyl (C=O) groups is 3. The van der Waals surface area contributed by atoms with Crippen molar-refractivity contribution < 1.29 is 29.0 Å². The molecule has 122 valence electrons. The Morgan fingerprint density at radius 1 is 0.783 bits per heavy atom. The van der Waals surface area contributed by atoms with Crippen LogP contribution in [0.4, 0.5) is 0 Å². The molecule has 1 N–H and O–H groups in total. The Kier molecular flexibility index (Phi) is 10.9. The van der Waals surface area contributed by atoms with Gasteiger partial charge in [-0.15, -0.1) is 0 Å². The van der Waals surface area contributed by atoms with E-state index in [1.54, 1.807) is 12.1 Å². The van der Waals surface area contributed by atoms with Gasteiger partial charge >= 0.3 is 11.9 Å². The molecule has 0 aliphatic carbocycles. The third-order valence-corrected chi connectivity index (χ3v) is 2.40. The van der Waals surface area contributed by atoms with Gasteiger partial charge in [-0.3, -0.25) is 4.79 Å². The van der Waals surface area contributed by atoms with Gasteiger partial charge in [-0.25, -0.2) is 9.59 Å². The second-order valence-electron chi connectivity index (χ2n) is 3.79. The molecule has 6 nitrogen and oxygen atoms in total. The lowest BCUT2D eigenvalue weighted by atomic mass is 10.1. The number of hydrogen-bond donors (Lipinski definition) is 1. The molecule has 0 amide bonds. The Morgan fingerprint density at radius 3 is 1.26 bits per heavy atom.